The van der Waals surface area contributed by atoms with Crippen molar-refractivity contribution in [3.63, 3.8) is 0 Å². The summed E-state index contributed by atoms with van der Waals surface area (Å²) < 4.78 is 15.6. The lowest BCUT2D eigenvalue weighted by molar-refractivity contribution is 0.0496. The van der Waals surface area contributed by atoms with Crippen molar-refractivity contribution in [1.29, 1.82) is 0 Å². The fourth-order valence-electron chi connectivity index (χ4n) is 5.68. The number of ether oxygens (including phenoxy) is 3. The number of rotatable bonds is 17. The van der Waals surface area contributed by atoms with Gasteiger partial charge in [0.1, 0.15) is 29.6 Å². The minimum absolute atomic E-state index is 0. The normalized spacial score (nSPS) is 9.92. The molecular weight excluding hydrogens is 857 g/mol. The first kappa shape index (κ1) is 61.4. The number of carboxylic acid groups (broad SMARTS) is 1. The highest BCUT2D eigenvalue weighted by atomic mass is 29.6. The zero-order chi connectivity index (χ0) is 45.1. The zero-order valence-corrected chi connectivity index (χ0v) is 38.1. The van der Waals surface area contributed by atoms with Gasteiger partial charge in [-0.1, -0.05) is 79.3 Å². The Bertz CT molecular complexity index is 1840. The quantitative estimate of drug-likeness (QED) is 0.0192. The number of aromatic hydroxyl groups is 4. The number of phenolic OH excluding ortho intramolecular Hbond substituents is 4. The molecular formula is C47H70O13Si3. The van der Waals surface area contributed by atoms with Crippen LogP contribution in [0, 0.1) is 0 Å². The number of carbonyl (C=O) groups is 4. The van der Waals surface area contributed by atoms with Crippen LogP contribution in [0.4, 0.5) is 0 Å². The summed E-state index contributed by atoms with van der Waals surface area (Å²) in [5.41, 5.74) is 1.51. The molecule has 4 aromatic carbocycles. The first-order valence-electron chi connectivity index (χ1n) is 19.1. The van der Waals surface area contributed by atoms with Gasteiger partial charge in [0.25, 0.3) is 0 Å². The second-order valence-corrected chi connectivity index (χ2v) is 40.6. The number of aromatic carboxylic acids is 1. The highest BCUT2D eigenvalue weighted by Crippen LogP contribution is 2.21. The Balaban J connectivity index is -0.000000980. The Kier molecular flexibility index (Phi) is 31.9. The largest absolute Gasteiger partial charge is 0.508 e. The van der Waals surface area contributed by atoms with Gasteiger partial charge < -0.3 is 44.8 Å². The molecule has 0 saturated heterocycles. The summed E-state index contributed by atoms with van der Waals surface area (Å²) in [4.78, 5) is 45.6. The first-order chi connectivity index (χ1) is 28.3. The molecule has 0 spiro atoms. The van der Waals surface area contributed by atoms with E-state index in [9.17, 15) is 29.4 Å². The van der Waals surface area contributed by atoms with Crippen molar-refractivity contribution in [3.8, 4) is 23.0 Å². The maximum Gasteiger partial charge on any atom is 0.338 e. The van der Waals surface area contributed by atoms with Crippen LogP contribution in [0.25, 0.3) is 0 Å². The Morgan fingerprint density at radius 3 is 1.05 bits per heavy atom. The van der Waals surface area contributed by atoms with Gasteiger partial charge in [-0.15, -0.1) is 6.58 Å². The van der Waals surface area contributed by atoms with Crippen molar-refractivity contribution >= 4 is 47.6 Å². The van der Waals surface area contributed by atoms with E-state index in [-0.39, 0.29) is 84.5 Å². The lowest BCUT2D eigenvalue weighted by Gasteiger charge is -2.32. The predicted octanol–water partition coefficient (Wildman–Crippen LogP) is 9.37. The van der Waals surface area contributed by atoms with Gasteiger partial charge in [0.15, 0.2) is 0 Å². The number of carbonyl (C=O) groups excluding carboxylic acids is 3. The standard InChI is InChI=1S/C24H36O6Si3.C10H10O3.C7H6O3.C3H6O.3CH4/c1-32(2,17-5-15-29-23(27)19-7-11-21(25)12-8-19)31-33(3,4)18-6-16-30-24(28)20-9-13-22(26)14-10-20;1-2-7-13-10(12)8-3-5-9(11)6-4-8;8-6-3-1-5(2-4-6)7(9)10;1-2-3-4;;;/h7-14,25-26H,5-6,15-18,31H2,1-4H3;2-6,11H,1,7H2;1-4,8H,(H,9,10);2,4H,1,3H2;3*1H4. The summed E-state index contributed by atoms with van der Waals surface area (Å²) in [5.74, 6) is -1.63. The van der Waals surface area contributed by atoms with Gasteiger partial charge in [-0.05, 0) is 110 Å². The molecule has 0 fully saturated rings. The van der Waals surface area contributed by atoms with Gasteiger partial charge in [-0.3, -0.25) is 0 Å². The summed E-state index contributed by atoms with van der Waals surface area (Å²) in [7, 11) is -2.78. The van der Waals surface area contributed by atoms with Crippen molar-refractivity contribution in [2.75, 3.05) is 26.4 Å². The van der Waals surface area contributed by atoms with Gasteiger partial charge >= 0.3 is 23.9 Å². The smallest absolute Gasteiger partial charge is 0.338 e. The lowest BCUT2D eigenvalue weighted by atomic mass is 10.2. The molecule has 4 rings (SSSR count). The van der Waals surface area contributed by atoms with E-state index in [2.05, 4.69) is 39.3 Å². The van der Waals surface area contributed by atoms with Crippen molar-refractivity contribution in [2.24, 2.45) is 0 Å². The zero-order valence-electron chi connectivity index (χ0n) is 34.7. The van der Waals surface area contributed by atoms with Gasteiger partial charge in [0, 0.05) is 23.7 Å². The molecule has 0 aliphatic rings. The summed E-state index contributed by atoms with van der Waals surface area (Å²) >= 11 is 0. The topological polar surface area (TPSA) is 217 Å². The Morgan fingerprint density at radius 2 is 0.794 bits per heavy atom. The maximum atomic E-state index is 12.1. The molecule has 0 aliphatic heterocycles. The van der Waals surface area contributed by atoms with E-state index in [4.69, 9.17) is 34.6 Å². The molecule has 16 heteroatoms. The molecule has 63 heavy (non-hydrogen) atoms. The molecule has 0 aromatic heterocycles. The molecule has 0 saturated carbocycles. The number of aliphatic hydroxyl groups excluding tert-OH is 1. The molecule has 0 atom stereocenters. The number of benzene rings is 4. The molecule has 4 aromatic rings. The molecule has 0 radical (unpaired) electrons. The summed E-state index contributed by atoms with van der Waals surface area (Å²) in [6, 6.07) is 25.8. The number of phenols is 4. The second-order valence-electron chi connectivity index (χ2n) is 14.8. The third kappa shape index (κ3) is 27.6. The van der Waals surface area contributed by atoms with Gasteiger partial charge in [-0.2, -0.15) is 0 Å². The molecule has 0 aliphatic carbocycles. The summed E-state index contributed by atoms with van der Waals surface area (Å²) in [5, 5.41) is 52.5. The van der Waals surface area contributed by atoms with Crippen LogP contribution in [0.3, 0.4) is 0 Å². The predicted molar refractivity (Wildman–Crippen MR) is 260 cm³/mol. The molecule has 0 bridgehead atoms. The van der Waals surface area contributed by atoms with E-state index in [0.717, 1.165) is 24.9 Å². The van der Waals surface area contributed by atoms with E-state index in [1.54, 1.807) is 24.3 Å². The first-order valence-corrected chi connectivity index (χ1v) is 30.1. The monoisotopic (exact) mass is 926 g/mol. The molecule has 0 heterocycles. The Morgan fingerprint density at radius 1 is 0.524 bits per heavy atom. The number of hydrogen-bond donors (Lipinski definition) is 6. The van der Waals surface area contributed by atoms with Crippen molar-refractivity contribution in [1.82, 2.24) is 0 Å². The highest BCUT2D eigenvalue weighted by Gasteiger charge is 2.32. The van der Waals surface area contributed by atoms with Gasteiger partial charge in [0.2, 0.25) is 0 Å². The molecule has 348 valence electrons. The molecule has 6 N–H and O–H groups in total. The molecule has 0 unspecified atom stereocenters. The average Bonchev–Trinajstić information content (AvgIpc) is 3.21. The third-order valence-electron chi connectivity index (χ3n) is 8.30. The molecule has 0 amide bonds. The van der Waals surface area contributed by atoms with E-state index in [1.165, 1.54) is 84.9 Å². The summed E-state index contributed by atoms with van der Waals surface area (Å²) in [6.07, 6.45) is 4.72. The van der Waals surface area contributed by atoms with E-state index < -0.39 is 27.1 Å². The highest BCUT2D eigenvalue weighted by molar-refractivity contribution is 7.52. The second kappa shape index (κ2) is 32.7. The fourth-order valence-corrected chi connectivity index (χ4v) is 47.7. The Hall–Kier alpha value is -5.95. The van der Waals surface area contributed by atoms with Crippen LogP contribution in [0.15, 0.2) is 122 Å². The van der Waals surface area contributed by atoms with Crippen molar-refractivity contribution < 1.29 is 64.0 Å². The number of aliphatic hydroxyl groups is 1. The van der Waals surface area contributed by atoms with Crippen molar-refractivity contribution in [3.05, 3.63) is 145 Å². The SMILES string of the molecule is C.C.C.C=CCO.C=CCOC(=O)c1ccc(O)cc1.C[Si](C)(CCCOC(=O)c1ccc(O)cc1)[SiH2][Si](C)(C)CCCOC(=O)c1ccc(O)cc1.O=C(O)c1ccc(O)cc1. The van der Waals surface area contributed by atoms with Gasteiger partial charge in [-0.25, -0.2) is 19.2 Å². The van der Waals surface area contributed by atoms with Crippen LogP contribution in [0.2, 0.25) is 38.3 Å². The van der Waals surface area contributed by atoms with Crippen LogP contribution in [0.5, 0.6) is 23.0 Å². The minimum Gasteiger partial charge on any atom is -0.508 e. The maximum absolute atomic E-state index is 12.1. The Labute approximate surface area is 377 Å². The van der Waals surface area contributed by atoms with Crippen LogP contribution < -0.4 is 0 Å². The number of hydrogen-bond acceptors (Lipinski definition) is 12. The number of carboxylic acids is 1. The fraction of sp³-hybridized carbons (Fsp3) is 0.319. The number of esters is 3. The average molecular weight is 927 g/mol. The van der Waals surface area contributed by atoms with E-state index in [1.807, 2.05) is 0 Å². The van der Waals surface area contributed by atoms with Crippen molar-refractivity contribution in [2.45, 2.75) is 73.4 Å². The van der Waals surface area contributed by atoms with Crippen LogP contribution in [0.1, 0.15) is 76.6 Å². The van der Waals surface area contributed by atoms with Crippen LogP contribution in [-0.4, -0.2) is 105 Å². The van der Waals surface area contributed by atoms with E-state index in [0.29, 0.717) is 29.9 Å². The summed E-state index contributed by atoms with van der Waals surface area (Å²) in [6.45, 7) is 17.6. The van der Waals surface area contributed by atoms with Crippen LogP contribution >= 0.6 is 0 Å². The van der Waals surface area contributed by atoms with E-state index >= 15 is 0 Å². The molecule has 13 nitrogen and oxygen atoms in total. The third-order valence-corrected chi connectivity index (χ3v) is 38.7. The van der Waals surface area contributed by atoms with Gasteiger partial charge in [0.05, 0.1) is 42.1 Å². The minimum atomic E-state index is -1.29. The van der Waals surface area contributed by atoms with Crippen LogP contribution in [-0.2, 0) is 14.2 Å². The lowest BCUT2D eigenvalue weighted by Crippen LogP contribution is -2.50.